The topological polar surface area (TPSA) is 40.5 Å². The first-order valence-electron chi connectivity index (χ1n) is 5.88. The fourth-order valence-corrected chi connectivity index (χ4v) is 1.62. The minimum Gasteiger partial charge on any atom is -0.481 e. The van der Waals surface area contributed by atoms with Crippen LogP contribution in [0.4, 0.5) is 0 Å². The minimum absolute atomic E-state index is 0.459. The number of aliphatic carboxylic acids is 1. The lowest BCUT2D eigenvalue weighted by Gasteiger charge is -2.34. The summed E-state index contributed by atoms with van der Waals surface area (Å²) in [6.45, 7) is 11.7. The number of carboxylic acids is 1. The van der Waals surface area contributed by atoms with Crippen molar-refractivity contribution in [3.63, 3.8) is 0 Å². The molecule has 0 heterocycles. The Morgan fingerprint density at radius 3 is 2.20 bits per heavy atom. The molecule has 3 nitrogen and oxygen atoms in total. The molecule has 2 unspecified atom stereocenters. The van der Waals surface area contributed by atoms with E-state index in [9.17, 15) is 9.90 Å². The van der Waals surface area contributed by atoms with E-state index < -0.39 is 11.4 Å². The summed E-state index contributed by atoms with van der Waals surface area (Å²) in [6, 6.07) is 0.459. The second-order valence-electron chi connectivity index (χ2n) is 4.54. The van der Waals surface area contributed by atoms with Crippen LogP contribution in [-0.4, -0.2) is 35.1 Å². The van der Waals surface area contributed by atoms with Gasteiger partial charge in [-0.3, -0.25) is 9.69 Å². The molecule has 2 atom stereocenters. The van der Waals surface area contributed by atoms with Gasteiger partial charge in [-0.1, -0.05) is 20.8 Å². The van der Waals surface area contributed by atoms with Gasteiger partial charge in [0.2, 0.25) is 0 Å². The lowest BCUT2D eigenvalue weighted by Crippen LogP contribution is -2.44. The molecule has 0 saturated carbocycles. The molecular formula is C12H25NO2. The maximum absolute atomic E-state index is 11.2. The molecule has 0 aliphatic heterocycles. The molecule has 0 fully saturated rings. The molecule has 1 N–H and O–H groups in total. The van der Waals surface area contributed by atoms with Crippen LogP contribution in [0.25, 0.3) is 0 Å². The van der Waals surface area contributed by atoms with Crippen molar-refractivity contribution >= 4 is 5.97 Å². The molecule has 90 valence electrons. The van der Waals surface area contributed by atoms with Crippen LogP contribution >= 0.6 is 0 Å². The van der Waals surface area contributed by atoms with Crippen molar-refractivity contribution in [2.45, 2.75) is 53.5 Å². The summed E-state index contributed by atoms with van der Waals surface area (Å²) in [7, 11) is 0. The highest BCUT2D eigenvalue weighted by Crippen LogP contribution is 2.24. The molecule has 0 aliphatic carbocycles. The van der Waals surface area contributed by atoms with E-state index in [4.69, 9.17) is 0 Å². The quantitative estimate of drug-likeness (QED) is 0.709. The van der Waals surface area contributed by atoms with Crippen LogP contribution in [-0.2, 0) is 4.79 Å². The lowest BCUT2D eigenvalue weighted by molar-refractivity contribution is -0.149. The largest absolute Gasteiger partial charge is 0.481 e. The summed E-state index contributed by atoms with van der Waals surface area (Å²) < 4.78 is 0. The van der Waals surface area contributed by atoms with E-state index >= 15 is 0 Å². The third-order valence-electron chi connectivity index (χ3n) is 3.47. The first-order valence-corrected chi connectivity index (χ1v) is 5.88. The number of hydrogen-bond acceptors (Lipinski definition) is 2. The van der Waals surface area contributed by atoms with Crippen molar-refractivity contribution in [1.82, 2.24) is 4.90 Å². The third-order valence-corrected chi connectivity index (χ3v) is 3.47. The van der Waals surface area contributed by atoms with Gasteiger partial charge in [0.25, 0.3) is 0 Å². The van der Waals surface area contributed by atoms with Crippen LogP contribution in [0.5, 0.6) is 0 Å². The summed E-state index contributed by atoms with van der Waals surface area (Å²) in [5.41, 5.74) is -0.612. The van der Waals surface area contributed by atoms with Crippen LogP contribution < -0.4 is 0 Å². The van der Waals surface area contributed by atoms with Gasteiger partial charge in [0, 0.05) is 12.6 Å². The third kappa shape index (κ3) is 3.82. The van der Waals surface area contributed by atoms with Crippen molar-refractivity contribution in [2.75, 3.05) is 13.1 Å². The summed E-state index contributed by atoms with van der Waals surface area (Å²) in [5, 5.41) is 9.20. The summed E-state index contributed by atoms with van der Waals surface area (Å²) in [6.07, 6.45) is 1.74. The Morgan fingerprint density at radius 2 is 1.93 bits per heavy atom. The minimum atomic E-state index is -0.688. The molecule has 15 heavy (non-hydrogen) atoms. The normalized spacial score (nSPS) is 17.5. The Balaban J connectivity index is 4.57. The number of hydrogen-bond donors (Lipinski definition) is 1. The second kappa shape index (κ2) is 6.11. The zero-order valence-corrected chi connectivity index (χ0v) is 10.7. The number of rotatable bonds is 7. The van der Waals surface area contributed by atoms with Gasteiger partial charge in [-0.25, -0.2) is 0 Å². The van der Waals surface area contributed by atoms with Crippen LogP contribution in [0.2, 0.25) is 0 Å². The highest BCUT2D eigenvalue weighted by Gasteiger charge is 2.33. The van der Waals surface area contributed by atoms with Crippen LogP contribution in [0.1, 0.15) is 47.5 Å². The molecule has 0 spiro atoms. The average Bonchev–Trinajstić information content (AvgIpc) is 2.24. The maximum Gasteiger partial charge on any atom is 0.310 e. The molecule has 0 amide bonds. The van der Waals surface area contributed by atoms with Gasteiger partial charge in [0.05, 0.1) is 5.41 Å². The van der Waals surface area contributed by atoms with E-state index in [1.165, 1.54) is 0 Å². The summed E-state index contributed by atoms with van der Waals surface area (Å²) in [5.74, 6) is -0.688. The van der Waals surface area contributed by atoms with Crippen LogP contribution in [0.15, 0.2) is 0 Å². The molecule has 0 radical (unpaired) electrons. The smallest absolute Gasteiger partial charge is 0.310 e. The predicted octanol–water partition coefficient (Wildman–Crippen LogP) is 2.61. The SMILES string of the molecule is CCC(C)N(CC)CC(C)(CC)C(=O)O. The van der Waals surface area contributed by atoms with E-state index in [0.29, 0.717) is 19.0 Å². The average molecular weight is 215 g/mol. The van der Waals surface area contributed by atoms with Gasteiger partial charge < -0.3 is 5.11 Å². The van der Waals surface area contributed by atoms with E-state index in [2.05, 4.69) is 25.7 Å². The molecule has 0 saturated heterocycles. The second-order valence-corrected chi connectivity index (χ2v) is 4.54. The lowest BCUT2D eigenvalue weighted by atomic mass is 9.86. The van der Waals surface area contributed by atoms with Gasteiger partial charge >= 0.3 is 5.97 Å². The predicted molar refractivity (Wildman–Crippen MR) is 63.0 cm³/mol. The molecule has 0 aromatic rings. The van der Waals surface area contributed by atoms with E-state index in [1.807, 2.05) is 13.8 Å². The van der Waals surface area contributed by atoms with Gasteiger partial charge in [-0.05, 0) is 33.2 Å². The van der Waals surface area contributed by atoms with Crippen molar-refractivity contribution in [1.29, 1.82) is 0 Å². The number of carbonyl (C=O) groups is 1. The fraction of sp³-hybridized carbons (Fsp3) is 0.917. The summed E-state index contributed by atoms with van der Waals surface area (Å²) in [4.78, 5) is 13.4. The highest BCUT2D eigenvalue weighted by molar-refractivity contribution is 5.74. The van der Waals surface area contributed by atoms with Crippen molar-refractivity contribution in [2.24, 2.45) is 5.41 Å². The molecule has 0 aromatic heterocycles. The Kier molecular flexibility index (Phi) is 5.88. The first kappa shape index (κ1) is 14.4. The Hall–Kier alpha value is -0.570. The zero-order chi connectivity index (χ0) is 12.1. The van der Waals surface area contributed by atoms with E-state index in [-0.39, 0.29) is 0 Å². The van der Waals surface area contributed by atoms with Crippen LogP contribution in [0, 0.1) is 5.41 Å². The van der Waals surface area contributed by atoms with Crippen molar-refractivity contribution in [3.8, 4) is 0 Å². The Bertz CT molecular complexity index is 206. The zero-order valence-electron chi connectivity index (χ0n) is 10.7. The molecule has 0 bridgehead atoms. The molecule has 0 aromatic carbocycles. The van der Waals surface area contributed by atoms with Gasteiger partial charge in [0.1, 0.15) is 0 Å². The Morgan fingerprint density at radius 1 is 1.40 bits per heavy atom. The molecule has 3 heteroatoms. The van der Waals surface area contributed by atoms with Crippen molar-refractivity contribution < 1.29 is 9.90 Å². The fourth-order valence-electron chi connectivity index (χ4n) is 1.62. The van der Waals surface area contributed by atoms with Gasteiger partial charge in [-0.2, -0.15) is 0 Å². The maximum atomic E-state index is 11.2. The Labute approximate surface area is 93.5 Å². The van der Waals surface area contributed by atoms with Gasteiger partial charge in [0.15, 0.2) is 0 Å². The van der Waals surface area contributed by atoms with Crippen molar-refractivity contribution in [3.05, 3.63) is 0 Å². The van der Waals surface area contributed by atoms with E-state index in [0.717, 1.165) is 13.0 Å². The first-order chi connectivity index (χ1) is 6.91. The highest BCUT2D eigenvalue weighted by atomic mass is 16.4. The molecule has 0 rings (SSSR count). The van der Waals surface area contributed by atoms with Crippen LogP contribution in [0.3, 0.4) is 0 Å². The summed E-state index contributed by atoms with van der Waals surface area (Å²) >= 11 is 0. The number of carboxylic acid groups (broad SMARTS) is 1. The van der Waals surface area contributed by atoms with E-state index in [1.54, 1.807) is 0 Å². The standard InChI is InChI=1S/C12H25NO2/c1-6-10(4)13(8-3)9-12(5,7-2)11(14)15/h10H,6-9H2,1-5H3,(H,14,15). The monoisotopic (exact) mass is 215 g/mol. The number of nitrogens with zero attached hydrogens (tertiary/aromatic N) is 1. The molecular weight excluding hydrogens is 190 g/mol. The van der Waals surface area contributed by atoms with Gasteiger partial charge in [-0.15, -0.1) is 0 Å². The molecule has 0 aliphatic rings.